The van der Waals surface area contributed by atoms with Crippen LogP contribution in [0.1, 0.15) is 27.9 Å². The van der Waals surface area contributed by atoms with E-state index in [1.54, 1.807) is 25.0 Å². The number of hydrogen-bond donors (Lipinski definition) is 1. The van der Waals surface area contributed by atoms with Crippen LogP contribution >= 0.6 is 12.4 Å². The van der Waals surface area contributed by atoms with Crippen LogP contribution in [0, 0.1) is 6.92 Å². The molecule has 7 nitrogen and oxygen atoms in total. The second kappa shape index (κ2) is 9.10. The number of rotatable bonds is 6. The molecule has 162 valence electrons. The number of nitrogens with zero attached hydrogens (tertiary/aromatic N) is 2. The predicted octanol–water partition coefficient (Wildman–Crippen LogP) is 2.02. The maximum Gasteiger partial charge on any atom is 0.263 e. The smallest absolute Gasteiger partial charge is 0.263 e. The minimum Gasteiger partial charge on any atom is -0.493 e. The Morgan fingerprint density at radius 3 is 2.43 bits per heavy atom. The molecule has 3 aliphatic rings. The summed E-state index contributed by atoms with van der Waals surface area (Å²) < 4.78 is 12.2. The van der Waals surface area contributed by atoms with Gasteiger partial charge in [-0.05, 0) is 49.1 Å². The molecule has 1 N–H and O–H groups in total. The average Bonchev–Trinajstić information content (AvgIpc) is 2.72. The number of methoxy groups -OCH3 is 2. The molecular weight excluding hydrogens is 406 g/mol. The molecule has 1 aromatic carbocycles. The van der Waals surface area contributed by atoms with Crippen molar-refractivity contribution in [2.45, 2.75) is 38.4 Å². The van der Waals surface area contributed by atoms with E-state index < -0.39 is 0 Å². The number of nitrogens with one attached hydrogen (secondary N) is 1. The van der Waals surface area contributed by atoms with Crippen molar-refractivity contribution in [3.05, 3.63) is 57.5 Å². The number of aromatic nitrogens is 1. The van der Waals surface area contributed by atoms with Crippen molar-refractivity contribution in [1.29, 1.82) is 0 Å². The third kappa shape index (κ3) is 4.18. The molecule has 2 atom stereocenters. The van der Waals surface area contributed by atoms with Crippen molar-refractivity contribution in [2.24, 2.45) is 0 Å². The number of piperidine rings is 1. The van der Waals surface area contributed by atoms with Crippen molar-refractivity contribution >= 4 is 18.3 Å². The lowest BCUT2D eigenvalue weighted by Crippen LogP contribution is -2.67. The number of carbonyl (C=O) groups is 1. The molecule has 3 fully saturated rings. The summed E-state index contributed by atoms with van der Waals surface area (Å²) in [4.78, 5) is 27.9. The Bertz CT molecular complexity index is 975. The normalized spacial score (nSPS) is 19.5. The molecule has 0 saturated carbocycles. The molecule has 30 heavy (non-hydrogen) atoms. The number of halogens is 1. The Morgan fingerprint density at radius 2 is 1.80 bits per heavy atom. The van der Waals surface area contributed by atoms with E-state index >= 15 is 0 Å². The third-order valence-corrected chi connectivity index (χ3v) is 5.89. The third-order valence-electron chi connectivity index (χ3n) is 5.89. The number of amides is 1. The maximum absolute atomic E-state index is 13.1. The van der Waals surface area contributed by atoms with Gasteiger partial charge in [-0.1, -0.05) is 6.07 Å². The van der Waals surface area contributed by atoms with E-state index in [0.29, 0.717) is 55.2 Å². The van der Waals surface area contributed by atoms with E-state index in [1.807, 2.05) is 36.1 Å². The fourth-order valence-electron chi connectivity index (χ4n) is 4.22. The van der Waals surface area contributed by atoms with E-state index in [4.69, 9.17) is 9.47 Å². The summed E-state index contributed by atoms with van der Waals surface area (Å²) in [6, 6.07) is 8.32. The summed E-state index contributed by atoms with van der Waals surface area (Å²) in [5, 5.41) is 3.42. The second-order valence-corrected chi connectivity index (χ2v) is 7.82. The Kier molecular flexibility index (Phi) is 6.73. The van der Waals surface area contributed by atoms with Gasteiger partial charge in [0.25, 0.3) is 11.5 Å². The highest BCUT2D eigenvalue weighted by Gasteiger charge is 2.39. The van der Waals surface area contributed by atoms with Crippen LogP contribution < -0.4 is 20.3 Å². The quantitative estimate of drug-likeness (QED) is 0.754. The van der Waals surface area contributed by atoms with Crippen LogP contribution in [0.3, 0.4) is 0 Å². The molecule has 0 radical (unpaired) electrons. The summed E-state index contributed by atoms with van der Waals surface area (Å²) in [5.41, 5.74) is 1.84. The summed E-state index contributed by atoms with van der Waals surface area (Å²) in [7, 11) is 3.20. The monoisotopic (exact) mass is 433 g/mol. The maximum atomic E-state index is 13.1. The van der Waals surface area contributed by atoms with Crippen molar-refractivity contribution in [3.8, 4) is 11.5 Å². The van der Waals surface area contributed by atoms with E-state index in [9.17, 15) is 9.59 Å². The van der Waals surface area contributed by atoms with Gasteiger partial charge in [-0.15, -0.1) is 12.4 Å². The summed E-state index contributed by atoms with van der Waals surface area (Å²) in [6.45, 7) is 3.67. The molecule has 1 amide bonds. The first kappa shape index (κ1) is 22.2. The van der Waals surface area contributed by atoms with Gasteiger partial charge in [0.05, 0.1) is 14.2 Å². The molecule has 3 aliphatic heterocycles. The molecule has 0 aliphatic carbocycles. The fraction of sp³-hybridized carbons (Fsp3) is 0.455. The molecule has 2 unspecified atom stereocenters. The zero-order valence-corrected chi connectivity index (χ0v) is 18.3. The molecule has 0 spiro atoms. The first-order valence-electron chi connectivity index (χ1n) is 9.96. The van der Waals surface area contributed by atoms with Crippen LogP contribution in [0.4, 0.5) is 0 Å². The SMILES string of the molecule is COc1ccc(CCn2ccc(C)c(C(=O)N3CC4CC(C3)N4)c2=O)cc1OC.Cl. The molecule has 8 heteroatoms. The number of aryl methyl sites for hydroxylation is 3. The minimum atomic E-state index is -0.220. The number of hydrogen-bond acceptors (Lipinski definition) is 5. The van der Waals surface area contributed by atoms with Crippen LogP contribution in [0.25, 0.3) is 0 Å². The largest absolute Gasteiger partial charge is 0.493 e. The van der Waals surface area contributed by atoms with Crippen LogP contribution in [-0.4, -0.2) is 54.8 Å². The lowest BCUT2D eigenvalue weighted by molar-refractivity contribution is 0.0471. The minimum absolute atomic E-state index is 0. The van der Waals surface area contributed by atoms with E-state index in [-0.39, 0.29) is 23.9 Å². The summed E-state index contributed by atoms with van der Waals surface area (Å²) in [6.07, 6.45) is 3.53. The molecule has 1 aromatic heterocycles. The highest BCUT2D eigenvalue weighted by Crippen LogP contribution is 2.28. The number of fused-ring (bicyclic) bond motifs is 2. The Morgan fingerprint density at radius 1 is 1.13 bits per heavy atom. The van der Waals surface area contributed by atoms with Crippen LogP contribution in [0.2, 0.25) is 0 Å². The van der Waals surface area contributed by atoms with E-state index in [2.05, 4.69) is 5.32 Å². The predicted molar refractivity (Wildman–Crippen MR) is 117 cm³/mol. The van der Waals surface area contributed by atoms with Crippen molar-refractivity contribution in [2.75, 3.05) is 27.3 Å². The number of ether oxygens (including phenoxy) is 2. The van der Waals surface area contributed by atoms with Gasteiger partial charge >= 0.3 is 0 Å². The van der Waals surface area contributed by atoms with E-state index in [0.717, 1.165) is 17.5 Å². The van der Waals surface area contributed by atoms with Crippen molar-refractivity contribution in [3.63, 3.8) is 0 Å². The lowest BCUT2D eigenvalue weighted by Gasteiger charge is -2.48. The molecule has 5 rings (SSSR count). The van der Waals surface area contributed by atoms with Crippen LogP contribution in [-0.2, 0) is 13.0 Å². The summed E-state index contributed by atoms with van der Waals surface area (Å²) in [5.74, 6) is 1.18. The van der Waals surface area contributed by atoms with Crippen LogP contribution in [0.5, 0.6) is 11.5 Å². The van der Waals surface area contributed by atoms with Crippen molar-refractivity contribution in [1.82, 2.24) is 14.8 Å². The Hall–Kier alpha value is -2.51. The first-order valence-corrected chi connectivity index (χ1v) is 9.96. The van der Waals surface area contributed by atoms with Gasteiger partial charge in [0.2, 0.25) is 0 Å². The number of benzene rings is 1. The van der Waals surface area contributed by atoms with Crippen molar-refractivity contribution < 1.29 is 14.3 Å². The summed E-state index contributed by atoms with van der Waals surface area (Å²) >= 11 is 0. The van der Waals surface area contributed by atoms with Gasteiger partial charge in [-0.25, -0.2) is 0 Å². The Balaban J connectivity index is 0.00000256. The van der Waals surface area contributed by atoms with Crippen LogP contribution in [0.15, 0.2) is 35.3 Å². The number of carbonyl (C=O) groups excluding carboxylic acids is 1. The van der Waals surface area contributed by atoms with Gasteiger partial charge in [-0.2, -0.15) is 0 Å². The lowest BCUT2D eigenvalue weighted by atomic mass is 9.91. The van der Waals surface area contributed by atoms with Gasteiger partial charge in [0.15, 0.2) is 11.5 Å². The molecular formula is C22H28ClN3O4. The molecule has 2 bridgehead atoms. The van der Waals surface area contributed by atoms with E-state index in [1.165, 1.54) is 0 Å². The standard InChI is InChI=1S/C22H27N3O4.ClH/c1-14-6-8-24(9-7-15-4-5-18(28-2)19(10-15)29-3)21(26)20(14)22(27)25-12-16-11-17(13-25)23-16;/h4-6,8,10,16-17,23H,7,9,11-13H2,1-3H3;1H. The molecule has 4 heterocycles. The second-order valence-electron chi connectivity index (χ2n) is 7.82. The number of pyridine rings is 1. The Labute approximate surface area is 182 Å². The van der Waals surface area contributed by atoms with Gasteiger partial charge in [0, 0.05) is 37.9 Å². The highest BCUT2D eigenvalue weighted by molar-refractivity contribution is 5.95. The van der Waals surface area contributed by atoms with Gasteiger partial charge < -0.3 is 24.3 Å². The molecule has 2 aromatic rings. The van der Waals surface area contributed by atoms with Gasteiger partial charge in [0.1, 0.15) is 5.56 Å². The first-order chi connectivity index (χ1) is 14.0. The zero-order chi connectivity index (χ0) is 20.5. The number of piperazine rings is 1. The average molecular weight is 434 g/mol. The molecule has 3 saturated heterocycles. The zero-order valence-electron chi connectivity index (χ0n) is 17.5. The topological polar surface area (TPSA) is 72.8 Å². The fourth-order valence-corrected chi connectivity index (χ4v) is 4.22. The van der Waals surface area contributed by atoms with Gasteiger partial charge in [-0.3, -0.25) is 9.59 Å². The highest BCUT2D eigenvalue weighted by atomic mass is 35.5.